The maximum atomic E-state index is 12.7. The summed E-state index contributed by atoms with van der Waals surface area (Å²) in [5.74, 6) is 0.658. The first-order valence-electron chi connectivity index (χ1n) is 9.44. The predicted octanol–water partition coefficient (Wildman–Crippen LogP) is 2.38. The first-order valence-corrected chi connectivity index (χ1v) is 9.44. The Morgan fingerprint density at radius 2 is 1.96 bits per heavy atom. The smallest absolute Gasteiger partial charge is 0.325 e. The second-order valence-electron chi connectivity index (χ2n) is 7.38. The maximum absolute atomic E-state index is 12.7. The van der Waals surface area contributed by atoms with Crippen molar-refractivity contribution in [1.82, 2.24) is 14.8 Å². The van der Waals surface area contributed by atoms with Crippen LogP contribution in [0.1, 0.15) is 22.3 Å². The van der Waals surface area contributed by atoms with Gasteiger partial charge in [-0.25, -0.2) is 9.78 Å². The van der Waals surface area contributed by atoms with Crippen molar-refractivity contribution in [2.24, 2.45) is 0 Å². The van der Waals surface area contributed by atoms with E-state index in [0.717, 1.165) is 12.0 Å². The van der Waals surface area contributed by atoms with Gasteiger partial charge in [0, 0.05) is 38.9 Å². The molecule has 3 amide bonds. The number of anilines is 1. The number of urea groups is 1. The summed E-state index contributed by atoms with van der Waals surface area (Å²) in [5, 5.41) is 0. The minimum atomic E-state index is -0.146. The van der Waals surface area contributed by atoms with Gasteiger partial charge in [-0.3, -0.25) is 9.69 Å². The number of likely N-dealkylation sites (tertiary alicyclic amines) is 1. The van der Waals surface area contributed by atoms with E-state index in [1.165, 1.54) is 4.90 Å². The van der Waals surface area contributed by atoms with Crippen molar-refractivity contribution in [3.63, 3.8) is 0 Å². The van der Waals surface area contributed by atoms with Crippen molar-refractivity contribution in [3.8, 4) is 0 Å². The van der Waals surface area contributed by atoms with Crippen LogP contribution in [0.15, 0.2) is 48.7 Å². The molecule has 0 spiro atoms. The summed E-state index contributed by atoms with van der Waals surface area (Å²) in [7, 11) is 3.46. The number of amides is 3. The van der Waals surface area contributed by atoms with Crippen LogP contribution in [0.25, 0.3) is 0 Å². The highest BCUT2D eigenvalue weighted by Gasteiger charge is 2.41. The summed E-state index contributed by atoms with van der Waals surface area (Å²) in [6.45, 7) is 1.78. The first-order chi connectivity index (χ1) is 13.5. The Morgan fingerprint density at radius 3 is 2.57 bits per heavy atom. The second kappa shape index (κ2) is 7.59. The van der Waals surface area contributed by atoms with E-state index in [0.29, 0.717) is 31.1 Å². The van der Waals surface area contributed by atoms with Crippen molar-refractivity contribution in [2.75, 3.05) is 32.1 Å². The Morgan fingerprint density at radius 1 is 1.18 bits per heavy atom. The molecule has 0 aliphatic carbocycles. The third-order valence-corrected chi connectivity index (χ3v) is 5.39. The fourth-order valence-electron chi connectivity index (χ4n) is 3.81. The number of carbonyl (C=O) groups is 2. The molecule has 2 atom stereocenters. The highest BCUT2D eigenvalue weighted by molar-refractivity contribution is 5.95. The van der Waals surface area contributed by atoms with Crippen LogP contribution in [0.3, 0.4) is 0 Å². The third kappa shape index (κ3) is 3.57. The fraction of sp³-hybridized carbons (Fsp3) is 0.381. The SMILES string of the molecule is CN(Cc1ccc(C(=O)N2CC3CC2CO3)cc1)C(=O)N(C)c1ccccn1. The number of rotatable bonds is 4. The minimum absolute atomic E-state index is 0.0571. The molecule has 7 heteroatoms. The lowest BCUT2D eigenvalue weighted by atomic mass is 10.1. The van der Waals surface area contributed by atoms with E-state index in [2.05, 4.69) is 4.98 Å². The lowest BCUT2D eigenvalue weighted by Gasteiger charge is -2.27. The molecule has 2 aliphatic rings. The van der Waals surface area contributed by atoms with Crippen LogP contribution in [0, 0.1) is 0 Å². The largest absolute Gasteiger partial charge is 0.374 e. The second-order valence-corrected chi connectivity index (χ2v) is 7.38. The maximum Gasteiger partial charge on any atom is 0.325 e. The number of morpholine rings is 1. The fourth-order valence-corrected chi connectivity index (χ4v) is 3.81. The molecular formula is C21H24N4O3. The number of fused-ring (bicyclic) bond motifs is 2. The van der Waals surface area contributed by atoms with Gasteiger partial charge in [0.1, 0.15) is 5.82 Å². The molecule has 2 unspecified atom stereocenters. The molecule has 2 saturated heterocycles. The van der Waals surface area contributed by atoms with E-state index in [-0.39, 0.29) is 24.1 Å². The monoisotopic (exact) mass is 380 g/mol. The molecule has 3 heterocycles. The predicted molar refractivity (Wildman–Crippen MR) is 105 cm³/mol. The Hall–Kier alpha value is -2.93. The minimum Gasteiger partial charge on any atom is -0.374 e. The van der Waals surface area contributed by atoms with Crippen molar-refractivity contribution in [3.05, 3.63) is 59.8 Å². The van der Waals surface area contributed by atoms with Crippen LogP contribution < -0.4 is 4.90 Å². The zero-order valence-corrected chi connectivity index (χ0v) is 16.1. The van der Waals surface area contributed by atoms with Gasteiger partial charge >= 0.3 is 6.03 Å². The van der Waals surface area contributed by atoms with Crippen molar-refractivity contribution in [2.45, 2.75) is 25.1 Å². The number of hydrogen-bond acceptors (Lipinski definition) is 4. The lowest BCUT2D eigenvalue weighted by molar-refractivity contribution is 0.0259. The molecule has 146 valence electrons. The number of aromatic nitrogens is 1. The molecule has 2 aromatic rings. The van der Waals surface area contributed by atoms with E-state index in [4.69, 9.17) is 4.74 Å². The van der Waals surface area contributed by atoms with Gasteiger partial charge in [-0.05, 0) is 36.2 Å². The first kappa shape index (κ1) is 18.4. The molecular weight excluding hydrogens is 356 g/mol. The standard InChI is InChI=1S/C21H24N4O3/c1-23(21(27)24(2)19-5-3-4-10-22-19)12-15-6-8-16(9-7-15)20(26)25-13-18-11-17(25)14-28-18/h3-10,17-18H,11-14H2,1-2H3. The van der Waals surface area contributed by atoms with Gasteiger partial charge in [-0.15, -0.1) is 0 Å². The van der Waals surface area contributed by atoms with Crippen LogP contribution in [0.4, 0.5) is 10.6 Å². The molecule has 2 aliphatic heterocycles. The number of ether oxygens (including phenoxy) is 1. The molecule has 0 radical (unpaired) electrons. The van der Waals surface area contributed by atoms with Gasteiger partial charge in [-0.2, -0.15) is 0 Å². The molecule has 1 aromatic carbocycles. The summed E-state index contributed by atoms with van der Waals surface area (Å²) in [6.07, 6.45) is 2.80. The van der Waals surface area contributed by atoms with Gasteiger partial charge in [0.15, 0.2) is 0 Å². The van der Waals surface area contributed by atoms with E-state index in [1.807, 2.05) is 41.3 Å². The van der Waals surface area contributed by atoms with Crippen molar-refractivity contribution in [1.29, 1.82) is 0 Å². The molecule has 28 heavy (non-hydrogen) atoms. The normalized spacial score (nSPS) is 20.3. The van der Waals surface area contributed by atoms with Crippen molar-refractivity contribution < 1.29 is 14.3 Å². The third-order valence-electron chi connectivity index (χ3n) is 5.39. The van der Waals surface area contributed by atoms with Gasteiger partial charge in [-0.1, -0.05) is 18.2 Å². The lowest BCUT2D eigenvalue weighted by Crippen LogP contribution is -2.41. The Kier molecular flexibility index (Phi) is 5.00. The average molecular weight is 380 g/mol. The molecule has 0 N–H and O–H groups in total. The van der Waals surface area contributed by atoms with Crippen LogP contribution >= 0.6 is 0 Å². The molecule has 2 bridgehead atoms. The van der Waals surface area contributed by atoms with Crippen molar-refractivity contribution >= 4 is 17.8 Å². The highest BCUT2D eigenvalue weighted by atomic mass is 16.5. The van der Waals surface area contributed by atoms with E-state index < -0.39 is 0 Å². The quantitative estimate of drug-likeness (QED) is 0.817. The van der Waals surface area contributed by atoms with Gasteiger partial charge < -0.3 is 14.5 Å². The molecule has 4 rings (SSSR count). The molecule has 0 saturated carbocycles. The van der Waals surface area contributed by atoms with Gasteiger partial charge in [0.2, 0.25) is 0 Å². The zero-order valence-electron chi connectivity index (χ0n) is 16.1. The van der Waals surface area contributed by atoms with Crippen LogP contribution in [-0.4, -0.2) is 66.1 Å². The number of carbonyl (C=O) groups excluding carboxylic acids is 2. The highest BCUT2D eigenvalue weighted by Crippen LogP contribution is 2.29. The summed E-state index contributed by atoms with van der Waals surface area (Å²) in [5.41, 5.74) is 1.64. The summed E-state index contributed by atoms with van der Waals surface area (Å²) >= 11 is 0. The zero-order chi connectivity index (χ0) is 19.7. The van der Waals surface area contributed by atoms with Gasteiger partial charge in [0.25, 0.3) is 5.91 Å². The molecule has 2 fully saturated rings. The number of hydrogen-bond donors (Lipinski definition) is 0. The Balaban J connectivity index is 1.37. The Bertz CT molecular complexity index is 856. The summed E-state index contributed by atoms with van der Waals surface area (Å²) in [6, 6.07) is 13.0. The number of pyridine rings is 1. The van der Waals surface area contributed by atoms with Gasteiger partial charge in [0.05, 0.1) is 18.8 Å². The number of nitrogens with zero attached hydrogens (tertiary/aromatic N) is 4. The van der Waals surface area contributed by atoms with E-state index in [1.54, 1.807) is 31.3 Å². The van der Waals surface area contributed by atoms with Crippen LogP contribution in [0.5, 0.6) is 0 Å². The number of benzene rings is 1. The Labute approximate surface area is 164 Å². The van der Waals surface area contributed by atoms with Crippen LogP contribution in [-0.2, 0) is 11.3 Å². The molecule has 1 aromatic heterocycles. The van der Waals surface area contributed by atoms with E-state index >= 15 is 0 Å². The average Bonchev–Trinajstić information content (AvgIpc) is 3.37. The molecule has 7 nitrogen and oxygen atoms in total. The summed E-state index contributed by atoms with van der Waals surface area (Å²) in [4.78, 5) is 34.6. The van der Waals surface area contributed by atoms with E-state index in [9.17, 15) is 9.59 Å². The topological polar surface area (TPSA) is 66.0 Å². The summed E-state index contributed by atoms with van der Waals surface area (Å²) < 4.78 is 5.56. The van der Waals surface area contributed by atoms with Crippen LogP contribution in [0.2, 0.25) is 0 Å².